The maximum absolute atomic E-state index is 13.6. The monoisotopic (exact) mass is 377 g/mol. The van der Waals surface area contributed by atoms with E-state index in [2.05, 4.69) is 15.6 Å². The topological polar surface area (TPSA) is 71.1 Å². The number of benzene rings is 2. The van der Waals surface area contributed by atoms with E-state index in [0.717, 1.165) is 5.69 Å². The van der Waals surface area contributed by atoms with Crippen LogP contribution in [0.5, 0.6) is 0 Å². The molecule has 3 aromatic rings. The molecule has 2 N–H and O–H groups in total. The summed E-state index contributed by atoms with van der Waals surface area (Å²) in [5.74, 6) is -0.607. The summed E-state index contributed by atoms with van der Waals surface area (Å²) in [6.45, 7) is 1.83. The number of amides is 1. The molecule has 0 atom stereocenters. The Balaban J connectivity index is 1.56. The van der Waals surface area contributed by atoms with Gasteiger partial charge in [-0.2, -0.15) is 0 Å². The molecule has 2 aromatic carbocycles. The summed E-state index contributed by atoms with van der Waals surface area (Å²) in [4.78, 5) is 27.8. The van der Waals surface area contributed by atoms with Crippen LogP contribution >= 0.6 is 0 Å². The molecule has 0 aliphatic rings. The molecule has 0 saturated carbocycles. The van der Waals surface area contributed by atoms with E-state index in [1.54, 1.807) is 54.7 Å². The van der Waals surface area contributed by atoms with Crippen LogP contribution in [-0.4, -0.2) is 23.2 Å². The van der Waals surface area contributed by atoms with Gasteiger partial charge in [0.25, 0.3) is 5.91 Å². The third kappa shape index (κ3) is 5.01. The minimum Gasteiger partial charge on any atom is -0.354 e. The third-order valence-electron chi connectivity index (χ3n) is 4.19. The molecule has 0 saturated heterocycles. The fourth-order valence-electron chi connectivity index (χ4n) is 2.69. The predicted molar refractivity (Wildman–Crippen MR) is 106 cm³/mol. The maximum atomic E-state index is 13.6. The van der Waals surface area contributed by atoms with Crippen molar-refractivity contribution in [3.8, 4) is 0 Å². The molecule has 0 unspecified atom stereocenters. The van der Waals surface area contributed by atoms with E-state index in [1.165, 1.54) is 13.0 Å². The number of rotatable bonds is 7. The fourth-order valence-corrected chi connectivity index (χ4v) is 2.69. The summed E-state index contributed by atoms with van der Waals surface area (Å²) in [7, 11) is 0. The number of halogens is 1. The van der Waals surface area contributed by atoms with E-state index in [-0.39, 0.29) is 23.2 Å². The van der Waals surface area contributed by atoms with Gasteiger partial charge in [-0.1, -0.05) is 30.3 Å². The van der Waals surface area contributed by atoms with Gasteiger partial charge in [0.2, 0.25) is 0 Å². The van der Waals surface area contributed by atoms with Crippen molar-refractivity contribution < 1.29 is 14.0 Å². The van der Waals surface area contributed by atoms with Crippen LogP contribution in [0, 0.1) is 5.82 Å². The Morgan fingerprint density at radius 2 is 1.82 bits per heavy atom. The molecule has 6 heteroatoms. The summed E-state index contributed by atoms with van der Waals surface area (Å²) in [6.07, 6.45) is 1.96. The van der Waals surface area contributed by atoms with Crippen LogP contribution in [0.15, 0.2) is 66.9 Å². The highest BCUT2D eigenvalue weighted by atomic mass is 19.1. The first kappa shape index (κ1) is 19.2. The summed E-state index contributed by atoms with van der Waals surface area (Å²) < 4.78 is 13.6. The van der Waals surface area contributed by atoms with Crippen molar-refractivity contribution in [2.75, 3.05) is 11.9 Å². The summed E-state index contributed by atoms with van der Waals surface area (Å²) in [5.41, 5.74) is 2.91. The second-order valence-corrected chi connectivity index (χ2v) is 6.29. The molecule has 3 rings (SSSR count). The van der Waals surface area contributed by atoms with Gasteiger partial charge in [-0.25, -0.2) is 9.37 Å². The van der Waals surface area contributed by atoms with Gasteiger partial charge in [0.05, 0.1) is 11.9 Å². The smallest absolute Gasteiger partial charge is 0.269 e. The largest absolute Gasteiger partial charge is 0.354 e. The van der Waals surface area contributed by atoms with E-state index in [4.69, 9.17) is 0 Å². The molecule has 5 nitrogen and oxygen atoms in total. The number of hydrogen-bond acceptors (Lipinski definition) is 4. The molecule has 1 aromatic heterocycles. The lowest BCUT2D eigenvalue weighted by atomic mass is 10.1. The zero-order valence-electron chi connectivity index (χ0n) is 15.4. The number of nitrogens with zero attached hydrogens (tertiary/aromatic N) is 1. The van der Waals surface area contributed by atoms with E-state index in [0.29, 0.717) is 29.8 Å². The summed E-state index contributed by atoms with van der Waals surface area (Å²) in [6, 6.07) is 17.0. The zero-order chi connectivity index (χ0) is 19.9. The van der Waals surface area contributed by atoms with Crippen LogP contribution < -0.4 is 10.6 Å². The van der Waals surface area contributed by atoms with Gasteiger partial charge < -0.3 is 10.6 Å². The highest BCUT2D eigenvalue weighted by Crippen LogP contribution is 2.17. The lowest BCUT2D eigenvalue weighted by molar-refractivity contribution is 0.0948. The van der Waals surface area contributed by atoms with Crippen molar-refractivity contribution >= 4 is 23.1 Å². The molecule has 1 heterocycles. The van der Waals surface area contributed by atoms with Crippen molar-refractivity contribution in [1.82, 2.24) is 10.3 Å². The standard InChI is InChI=1S/C22H20FN3O2/c1-15(27)17-6-4-7-18(13-17)26-19-9-10-21(25-14-19)22(28)24-12-11-16-5-2-3-8-20(16)23/h2-10,13-14,26H,11-12H2,1H3,(H,24,28). The van der Waals surface area contributed by atoms with Gasteiger partial charge in [0, 0.05) is 17.8 Å². The maximum Gasteiger partial charge on any atom is 0.269 e. The Morgan fingerprint density at radius 3 is 2.54 bits per heavy atom. The number of nitrogens with one attached hydrogen (secondary N) is 2. The third-order valence-corrected chi connectivity index (χ3v) is 4.19. The SMILES string of the molecule is CC(=O)c1cccc(Nc2ccc(C(=O)NCCc3ccccc3F)nc2)c1. The summed E-state index contributed by atoms with van der Waals surface area (Å²) in [5, 5.41) is 5.89. The number of ketones is 1. The molecule has 1 amide bonds. The molecular formula is C22H20FN3O2. The Labute approximate surface area is 162 Å². The molecule has 142 valence electrons. The van der Waals surface area contributed by atoms with Crippen LogP contribution in [-0.2, 0) is 6.42 Å². The predicted octanol–water partition coefficient (Wildman–Crippen LogP) is 4.14. The average Bonchev–Trinajstić information content (AvgIpc) is 2.70. The second-order valence-electron chi connectivity index (χ2n) is 6.29. The lowest BCUT2D eigenvalue weighted by Crippen LogP contribution is -2.26. The summed E-state index contributed by atoms with van der Waals surface area (Å²) >= 11 is 0. The number of aromatic nitrogens is 1. The minimum absolute atomic E-state index is 0.0100. The Bertz CT molecular complexity index is 987. The molecule has 0 aliphatic heterocycles. The number of carbonyl (C=O) groups is 2. The van der Waals surface area contributed by atoms with Gasteiger partial charge >= 0.3 is 0 Å². The molecule has 0 spiro atoms. The number of hydrogen-bond donors (Lipinski definition) is 2. The number of anilines is 2. The van der Waals surface area contributed by atoms with Crippen molar-refractivity contribution in [3.63, 3.8) is 0 Å². The highest BCUT2D eigenvalue weighted by molar-refractivity contribution is 5.95. The highest BCUT2D eigenvalue weighted by Gasteiger charge is 2.08. The Hall–Kier alpha value is -3.54. The van der Waals surface area contributed by atoms with Crippen molar-refractivity contribution in [1.29, 1.82) is 0 Å². The molecule has 0 fully saturated rings. The Kier molecular flexibility index (Phi) is 6.11. The zero-order valence-corrected chi connectivity index (χ0v) is 15.4. The van der Waals surface area contributed by atoms with Gasteiger partial charge in [0.15, 0.2) is 5.78 Å². The number of Topliss-reactive ketones (excluding diaryl/α,β-unsaturated/α-hetero) is 1. The first-order valence-corrected chi connectivity index (χ1v) is 8.88. The molecular weight excluding hydrogens is 357 g/mol. The van der Waals surface area contributed by atoms with Crippen LogP contribution in [0.25, 0.3) is 0 Å². The van der Waals surface area contributed by atoms with Gasteiger partial charge in [-0.05, 0) is 49.2 Å². The number of carbonyl (C=O) groups excluding carboxylic acids is 2. The second kappa shape index (κ2) is 8.90. The normalized spacial score (nSPS) is 10.4. The molecule has 28 heavy (non-hydrogen) atoms. The van der Waals surface area contributed by atoms with Gasteiger partial charge in [0.1, 0.15) is 11.5 Å². The van der Waals surface area contributed by atoms with Crippen molar-refractivity contribution in [2.45, 2.75) is 13.3 Å². The van der Waals surface area contributed by atoms with Crippen LogP contribution in [0.2, 0.25) is 0 Å². The number of pyridine rings is 1. The van der Waals surface area contributed by atoms with Gasteiger partial charge in [-0.15, -0.1) is 0 Å². The first-order chi connectivity index (χ1) is 13.5. The van der Waals surface area contributed by atoms with E-state index in [9.17, 15) is 14.0 Å². The molecule has 0 aliphatic carbocycles. The van der Waals surface area contributed by atoms with Crippen LogP contribution in [0.3, 0.4) is 0 Å². The van der Waals surface area contributed by atoms with Crippen molar-refractivity contribution in [3.05, 3.63) is 89.5 Å². The van der Waals surface area contributed by atoms with Crippen LogP contribution in [0.4, 0.5) is 15.8 Å². The lowest BCUT2D eigenvalue weighted by Gasteiger charge is -2.09. The van der Waals surface area contributed by atoms with Crippen LogP contribution in [0.1, 0.15) is 33.3 Å². The van der Waals surface area contributed by atoms with Gasteiger partial charge in [-0.3, -0.25) is 9.59 Å². The van der Waals surface area contributed by atoms with Crippen molar-refractivity contribution in [2.24, 2.45) is 0 Å². The quantitative estimate of drug-likeness (QED) is 0.607. The van der Waals surface area contributed by atoms with E-state index in [1.807, 2.05) is 6.07 Å². The average molecular weight is 377 g/mol. The fraction of sp³-hybridized carbons (Fsp3) is 0.136. The Morgan fingerprint density at radius 1 is 1.00 bits per heavy atom. The van der Waals surface area contributed by atoms with E-state index >= 15 is 0 Å². The van der Waals surface area contributed by atoms with E-state index < -0.39 is 0 Å². The molecule has 0 bridgehead atoms. The minimum atomic E-state index is -0.318. The molecule has 0 radical (unpaired) electrons. The first-order valence-electron chi connectivity index (χ1n) is 8.88.